The molecule has 2 rings (SSSR count). The van der Waals surface area contributed by atoms with E-state index in [2.05, 4.69) is 11.8 Å². The van der Waals surface area contributed by atoms with E-state index in [1.165, 1.54) is 6.42 Å². The van der Waals surface area contributed by atoms with E-state index in [1.54, 1.807) is 0 Å². The fourth-order valence-electron chi connectivity index (χ4n) is 3.57. The molecule has 3 atom stereocenters. The van der Waals surface area contributed by atoms with Crippen LogP contribution in [0, 0.1) is 5.92 Å². The van der Waals surface area contributed by atoms with Crippen molar-refractivity contribution in [1.29, 1.82) is 0 Å². The summed E-state index contributed by atoms with van der Waals surface area (Å²) in [6.07, 6.45) is 4.38. The van der Waals surface area contributed by atoms with E-state index in [-0.39, 0.29) is 23.8 Å². The number of hydrogen-bond acceptors (Lipinski definition) is 4. The molecule has 6 heteroatoms. The first kappa shape index (κ1) is 19.2. The van der Waals surface area contributed by atoms with Crippen LogP contribution in [-0.2, 0) is 9.59 Å². The van der Waals surface area contributed by atoms with Crippen molar-refractivity contribution in [2.45, 2.75) is 58.5 Å². The van der Waals surface area contributed by atoms with E-state index in [0.29, 0.717) is 13.1 Å². The summed E-state index contributed by atoms with van der Waals surface area (Å²) in [5.41, 5.74) is 6.08. The zero-order chi connectivity index (χ0) is 17.7. The molecule has 2 aliphatic heterocycles. The maximum atomic E-state index is 12.6. The van der Waals surface area contributed by atoms with Crippen molar-refractivity contribution in [3.05, 3.63) is 0 Å². The van der Waals surface area contributed by atoms with E-state index < -0.39 is 6.04 Å². The van der Waals surface area contributed by atoms with Crippen LogP contribution in [0.25, 0.3) is 0 Å². The molecular weight excluding hydrogens is 304 g/mol. The maximum Gasteiger partial charge on any atom is 0.239 e. The number of nitrogens with two attached hydrogens (primary N) is 1. The van der Waals surface area contributed by atoms with Crippen LogP contribution in [0.5, 0.6) is 0 Å². The van der Waals surface area contributed by atoms with Crippen molar-refractivity contribution < 1.29 is 9.59 Å². The van der Waals surface area contributed by atoms with Gasteiger partial charge >= 0.3 is 0 Å². The van der Waals surface area contributed by atoms with Gasteiger partial charge in [-0.2, -0.15) is 0 Å². The molecule has 2 aliphatic rings. The van der Waals surface area contributed by atoms with Crippen molar-refractivity contribution in [2.24, 2.45) is 11.7 Å². The number of amides is 2. The highest BCUT2D eigenvalue weighted by atomic mass is 16.2. The van der Waals surface area contributed by atoms with E-state index in [9.17, 15) is 9.59 Å². The third-order valence-corrected chi connectivity index (χ3v) is 5.74. The van der Waals surface area contributed by atoms with Crippen LogP contribution in [-0.4, -0.2) is 77.9 Å². The smallest absolute Gasteiger partial charge is 0.239 e. The molecule has 0 unspecified atom stereocenters. The second-order valence-electron chi connectivity index (χ2n) is 7.33. The Morgan fingerprint density at radius 2 is 1.42 bits per heavy atom. The Labute approximate surface area is 146 Å². The van der Waals surface area contributed by atoms with Gasteiger partial charge in [0.05, 0.1) is 12.1 Å². The zero-order valence-corrected chi connectivity index (χ0v) is 15.5. The van der Waals surface area contributed by atoms with Crippen molar-refractivity contribution in [1.82, 2.24) is 14.7 Å². The average molecular weight is 338 g/mol. The summed E-state index contributed by atoms with van der Waals surface area (Å²) in [5, 5.41) is 0. The van der Waals surface area contributed by atoms with Gasteiger partial charge in [-0.25, -0.2) is 0 Å². The predicted octanol–water partition coefficient (Wildman–Crippen LogP) is 0.905. The molecule has 2 N–H and O–H groups in total. The summed E-state index contributed by atoms with van der Waals surface area (Å²) in [4.78, 5) is 31.2. The first-order chi connectivity index (χ1) is 11.5. The lowest BCUT2D eigenvalue weighted by atomic mass is 9.98. The molecule has 2 saturated heterocycles. The summed E-state index contributed by atoms with van der Waals surface area (Å²) in [5.74, 6) is 0.500. The minimum absolute atomic E-state index is 0.0546. The van der Waals surface area contributed by atoms with Crippen LogP contribution < -0.4 is 5.73 Å². The molecule has 6 nitrogen and oxygen atoms in total. The first-order valence-corrected chi connectivity index (χ1v) is 9.53. The summed E-state index contributed by atoms with van der Waals surface area (Å²) in [6, 6.07) is -0.502. The molecule has 0 aliphatic carbocycles. The van der Waals surface area contributed by atoms with Crippen LogP contribution >= 0.6 is 0 Å². The van der Waals surface area contributed by atoms with Crippen molar-refractivity contribution in [3.63, 3.8) is 0 Å². The van der Waals surface area contributed by atoms with Gasteiger partial charge in [0.25, 0.3) is 0 Å². The monoisotopic (exact) mass is 338 g/mol. The van der Waals surface area contributed by atoms with Gasteiger partial charge < -0.3 is 15.5 Å². The number of hydrogen-bond donors (Lipinski definition) is 1. The third kappa shape index (κ3) is 4.48. The molecule has 0 aromatic heterocycles. The molecule has 0 bridgehead atoms. The van der Waals surface area contributed by atoms with Gasteiger partial charge in [-0.1, -0.05) is 20.3 Å². The van der Waals surface area contributed by atoms with Crippen molar-refractivity contribution in [2.75, 3.05) is 39.3 Å². The lowest BCUT2D eigenvalue weighted by molar-refractivity contribution is -0.140. The SMILES string of the molecule is CC[C@H](C)[C@@H](N)C(=O)N1CCN([C@@H](C)C(=O)N2CCCCC2)CC1. The summed E-state index contributed by atoms with van der Waals surface area (Å²) in [6.45, 7) is 10.7. The maximum absolute atomic E-state index is 12.6. The van der Waals surface area contributed by atoms with Crippen molar-refractivity contribution >= 4 is 11.8 Å². The number of carbonyl (C=O) groups excluding carboxylic acids is 2. The fourth-order valence-corrected chi connectivity index (χ4v) is 3.57. The van der Waals surface area contributed by atoms with Crippen LogP contribution in [0.3, 0.4) is 0 Å². The Balaban J connectivity index is 1.83. The molecular formula is C18H34N4O2. The van der Waals surface area contributed by atoms with Crippen molar-refractivity contribution in [3.8, 4) is 0 Å². The largest absolute Gasteiger partial charge is 0.341 e. The van der Waals surface area contributed by atoms with Gasteiger partial charge in [0.1, 0.15) is 0 Å². The van der Waals surface area contributed by atoms with Crippen LogP contribution in [0.4, 0.5) is 0 Å². The predicted molar refractivity (Wildman–Crippen MR) is 95.5 cm³/mol. The quantitative estimate of drug-likeness (QED) is 0.809. The van der Waals surface area contributed by atoms with Gasteiger partial charge in [-0.15, -0.1) is 0 Å². The Kier molecular flexibility index (Phi) is 7.04. The highest BCUT2D eigenvalue weighted by Crippen LogP contribution is 2.15. The minimum Gasteiger partial charge on any atom is -0.341 e. The van der Waals surface area contributed by atoms with E-state index in [0.717, 1.165) is 45.4 Å². The van der Waals surface area contributed by atoms with Gasteiger partial charge in [0.15, 0.2) is 0 Å². The fraction of sp³-hybridized carbons (Fsp3) is 0.889. The standard InChI is InChI=1S/C18H34N4O2/c1-4-14(2)16(19)18(24)22-12-10-20(11-13-22)15(3)17(23)21-8-6-5-7-9-21/h14-16H,4-13,19H2,1-3H3/t14-,15-,16+/m0/s1. The van der Waals surface area contributed by atoms with Crippen LogP contribution in [0.1, 0.15) is 46.5 Å². The molecule has 0 spiro atoms. The summed E-state index contributed by atoms with van der Waals surface area (Å²) >= 11 is 0. The Hall–Kier alpha value is -1.14. The molecule has 0 aromatic carbocycles. The first-order valence-electron chi connectivity index (χ1n) is 9.53. The Morgan fingerprint density at radius 3 is 1.96 bits per heavy atom. The molecule has 138 valence electrons. The number of piperazine rings is 1. The molecule has 2 amide bonds. The summed E-state index contributed by atoms with van der Waals surface area (Å²) < 4.78 is 0. The highest BCUT2D eigenvalue weighted by Gasteiger charge is 2.32. The van der Waals surface area contributed by atoms with Gasteiger partial charge in [-0.3, -0.25) is 14.5 Å². The Bertz CT molecular complexity index is 429. The number of nitrogens with zero attached hydrogens (tertiary/aromatic N) is 3. The number of rotatable bonds is 5. The second-order valence-corrected chi connectivity index (χ2v) is 7.33. The van der Waals surface area contributed by atoms with Crippen LogP contribution in [0.15, 0.2) is 0 Å². The summed E-state index contributed by atoms with van der Waals surface area (Å²) in [7, 11) is 0. The Morgan fingerprint density at radius 1 is 0.875 bits per heavy atom. The molecule has 2 fully saturated rings. The molecule has 0 saturated carbocycles. The average Bonchev–Trinajstić information content (AvgIpc) is 2.65. The lowest BCUT2D eigenvalue weighted by Crippen LogP contribution is -2.58. The van der Waals surface area contributed by atoms with E-state index in [4.69, 9.17) is 5.73 Å². The lowest BCUT2D eigenvalue weighted by Gasteiger charge is -2.40. The minimum atomic E-state index is -0.408. The van der Waals surface area contributed by atoms with Gasteiger partial charge in [0.2, 0.25) is 11.8 Å². The second kappa shape index (κ2) is 8.81. The number of likely N-dealkylation sites (tertiary alicyclic amines) is 1. The van der Waals surface area contributed by atoms with Crippen LogP contribution in [0.2, 0.25) is 0 Å². The normalized spacial score (nSPS) is 23.7. The molecule has 0 radical (unpaired) electrons. The topological polar surface area (TPSA) is 69.9 Å². The third-order valence-electron chi connectivity index (χ3n) is 5.74. The zero-order valence-electron chi connectivity index (χ0n) is 15.5. The van der Waals surface area contributed by atoms with E-state index in [1.807, 2.05) is 23.6 Å². The molecule has 2 heterocycles. The number of carbonyl (C=O) groups is 2. The van der Waals surface area contributed by atoms with E-state index >= 15 is 0 Å². The molecule has 24 heavy (non-hydrogen) atoms. The number of piperidine rings is 1. The van der Waals surface area contributed by atoms with Gasteiger partial charge in [0, 0.05) is 39.3 Å². The van der Waals surface area contributed by atoms with Gasteiger partial charge in [-0.05, 0) is 32.1 Å². The molecule has 0 aromatic rings. The highest BCUT2D eigenvalue weighted by molar-refractivity contribution is 5.83.